The smallest absolute Gasteiger partial charge is 0.254 e. The molecule has 0 saturated carbocycles. The van der Waals surface area contributed by atoms with Crippen LogP contribution in [-0.4, -0.2) is 11.7 Å². The first-order valence-electron chi connectivity index (χ1n) is 9.69. The number of amides is 1. The third-order valence-corrected chi connectivity index (χ3v) is 6.24. The standard InChI is InChI=1S/C23H22F2N2O2S/c1-12-19(22(29)27-16-5-4-14(24)8-15(16)25)20(13-6-7-30-11-13)21-17(26-12)9-23(2,3)10-18(21)28/h4-8,11,20,26H,9-10H2,1-3H3,(H,27,29). The zero-order chi connectivity index (χ0) is 21.6. The summed E-state index contributed by atoms with van der Waals surface area (Å²) in [7, 11) is 0. The van der Waals surface area contributed by atoms with E-state index in [4.69, 9.17) is 0 Å². The normalized spacial score (nSPS) is 20.7. The highest BCUT2D eigenvalue weighted by molar-refractivity contribution is 7.08. The molecule has 1 aromatic heterocycles. The Balaban J connectivity index is 1.77. The minimum Gasteiger partial charge on any atom is -0.362 e. The first kappa shape index (κ1) is 20.5. The molecule has 2 N–H and O–H groups in total. The SMILES string of the molecule is CC1=C(C(=O)Nc2ccc(F)cc2F)C(c2ccsc2)C2=C(CC(C)(C)CC2=O)N1. The summed E-state index contributed by atoms with van der Waals surface area (Å²) in [5, 5.41) is 9.64. The highest BCUT2D eigenvalue weighted by Crippen LogP contribution is 2.47. The molecule has 0 bridgehead atoms. The fourth-order valence-corrected chi connectivity index (χ4v) is 4.98. The van der Waals surface area contributed by atoms with Crippen molar-refractivity contribution in [3.8, 4) is 0 Å². The van der Waals surface area contributed by atoms with E-state index in [1.54, 1.807) is 6.92 Å². The Labute approximate surface area is 177 Å². The number of allylic oxidation sites excluding steroid dienone is 3. The van der Waals surface area contributed by atoms with Crippen LogP contribution >= 0.6 is 11.3 Å². The summed E-state index contributed by atoms with van der Waals surface area (Å²) >= 11 is 1.49. The van der Waals surface area contributed by atoms with Gasteiger partial charge in [0, 0.05) is 40.9 Å². The molecule has 2 aromatic rings. The number of benzene rings is 1. The number of hydrogen-bond donors (Lipinski definition) is 2. The molecule has 0 radical (unpaired) electrons. The lowest BCUT2D eigenvalue weighted by atomic mass is 9.69. The van der Waals surface area contributed by atoms with Crippen molar-refractivity contribution in [1.29, 1.82) is 0 Å². The number of dihydropyridines is 1. The lowest BCUT2D eigenvalue weighted by Gasteiger charge is -2.39. The van der Waals surface area contributed by atoms with E-state index in [9.17, 15) is 18.4 Å². The van der Waals surface area contributed by atoms with Crippen molar-refractivity contribution in [2.45, 2.75) is 39.5 Å². The highest BCUT2D eigenvalue weighted by Gasteiger charge is 2.42. The number of hydrogen-bond acceptors (Lipinski definition) is 4. The quantitative estimate of drug-likeness (QED) is 0.700. The second kappa shape index (κ2) is 7.47. The maximum Gasteiger partial charge on any atom is 0.254 e. The first-order valence-corrected chi connectivity index (χ1v) is 10.6. The Hall–Kier alpha value is -2.80. The van der Waals surface area contributed by atoms with Gasteiger partial charge in [0.2, 0.25) is 0 Å². The summed E-state index contributed by atoms with van der Waals surface area (Å²) in [4.78, 5) is 26.4. The number of carbonyl (C=O) groups is 2. The number of anilines is 1. The molecule has 1 aliphatic heterocycles. The maximum atomic E-state index is 14.1. The van der Waals surface area contributed by atoms with Gasteiger partial charge in [0.25, 0.3) is 5.91 Å². The fraction of sp³-hybridized carbons (Fsp3) is 0.304. The van der Waals surface area contributed by atoms with Gasteiger partial charge in [0.1, 0.15) is 11.6 Å². The molecule has 1 unspecified atom stereocenters. The molecule has 0 fully saturated rings. The zero-order valence-corrected chi connectivity index (χ0v) is 17.8. The zero-order valence-electron chi connectivity index (χ0n) is 16.9. The van der Waals surface area contributed by atoms with Gasteiger partial charge in [-0.3, -0.25) is 9.59 Å². The van der Waals surface area contributed by atoms with E-state index in [1.165, 1.54) is 17.4 Å². The number of rotatable bonds is 3. The van der Waals surface area contributed by atoms with E-state index in [2.05, 4.69) is 24.5 Å². The molecule has 1 amide bonds. The van der Waals surface area contributed by atoms with Crippen LogP contribution in [-0.2, 0) is 9.59 Å². The molecule has 30 heavy (non-hydrogen) atoms. The summed E-state index contributed by atoms with van der Waals surface area (Å²) < 4.78 is 27.3. The molecule has 2 heterocycles. The number of ketones is 1. The molecule has 2 aliphatic rings. The molecule has 0 spiro atoms. The van der Waals surface area contributed by atoms with Crippen LogP contribution in [0.3, 0.4) is 0 Å². The van der Waals surface area contributed by atoms with Gasteiger partial charge in [0.05, 0.1) is 5.69 Å². The lowest BCUT2D eigenvalue weighted by molar-refractivity contribution is -0.118. The van der Waals surface area contributed by atoms with Gasteiger partial charge in [-0.2, -0.15) is 11.3 Å². The van der Waals surface area contributed by atoms with Gasteiger partial charge in [-0.15, -0.1) is 0 Å². The second-order valence-corrected chi connectivity index (χ2v) is 9.34. The number of carbonyl (C=O) groups excluding carboxylic acids is 2. The minimum atomic E-state index is -0.854. The van der Waals surface area contributed by atoms with Crippen molar-refractivity contribution in [2.75, 3.05) is 5.32 Å². The molecule has 1 atom stereocenters. The summed E-state index contributed by atoms with van der Waals surface area (Å²) in [5.74, 6) is -2.62. The van der Waals surface area contributed by atoms with Crippen molar-refractivity contribution in [2.24, 2.45) is 5.41 Å². The second-order valence-electron chi connectivity index (χ2n) is 8.56. The van der Waals surface area contributed by atoms with Crippen LogP contribution in [0.15, 0.2) is 57.6 Å². The van der Waals surface area contributed by atoms with Crippen molar-refractivity contribution in [3.63, 3.8) is 0 Å². The van der Waals surface area contributed by atoms with Gasteiger partial charge >= 0.3 is 0 Å². The monoisotopic (exact) mass is 428 g/mol. The van der Waals surface area contributed by atoms with Crippen LogP contribution in [0.1, 0.15) is 45.1 Å². The summed E-state index contributed by atoms with van der Waals surface area (Å²) in [6, 6.07) is 4.90. The molecule has 4 rings (SSSR count). The average molecular weight is 429 g/mol. The van der Waals surface area contributed by atoms with Crippen molar-refractivity contribution in [3.05, 3.63) is 74.8 Å². The van der Waals surface area contributed by atoms with Gasteiger partial charge < -0.3 is 10.6 Å². The van der Waals surface area contributed by atoms with Crippen LogP contribution < -0.4 is 10.6 Å². The number of Topliss-reactive ketones (excluding diaryl/α,β-unsaturated/α-hetero) is 1. The molecule has 7 heteroatoms. The Kier molecular flexibility index (Phi) is 5.10. The summed E-state index contributed by atoms with van der Waals surface area (Å²) in [6.07, 6.45) is 1.10. The molecular formula is C23H22F2N2O2S. The third kappa shape index (κ3) is 3.69. The van der Waals surface area contributed by atoms with E-state index in [0.717, 1.165) is 23.4 Å². The number of nitrogens with one attached hydrogen (secondary N) is 2. The molecule has 1 aliphatic carbocycles. The van der Waals surface area contributed by atoms with Crippen LogP contribution in [0.25, 0.3) is 0 Å². The predicted octanol–water partition coefficient (Wildman–Crippen LogP) is 5.27. The van der Waals surface area contributed by atoms with Gasteiger partial charge in [-0.25, -0.2) is 8.78 Å². The first-order chi connectivity index (χ1) is 14.2. The molecule has 1 aromatic carbocycles. The van der Waals surface area contributed by atoms with Gasteiger partial charge in [-0.1, -0.05) is 13.8 Å². The van der Waals surface area contributed by atoms with Gasteiger partial charge in [-0.05, 0) is 53.3 Å². The predicted molar refractivity (Wildman–Crippen MR) is 113 cm³/mol. The van der Waals surface area contributed by atoms with Crippen molar-refractivity contribution >= 4 is 28.7 Å². The molecule has 156 valence electrons. The average Bonchev–Trinajstić information content (AvgIpc) is 3.16. The lowest BCUT2D eigenvalue weighted by Crippen LogP contribution is -2.39. The molecule has 0 saturated heterocycles. The van der Waals surface area contributed by atoms with E-state index in [0.29, 0.717) is 29.7 Å². The number of thiophene rings is 1. The van der Waals surface area contributed by atoms with Crippen LogP contribution in [0.5, 0.6) is 0 Å². The highest BCUT2D eigenvalue weighted by atomic mass is 32.1. The largest absolute Gasteiger partial charge is 0.362 e. The third-order valence-electron chi connectivity index (χ3n) is 5.54. The maximum absolute atomic E-state index is 14.1. The topological polar surface area (TPSA) is 58.2 Å². The fourth-order valence-electron chi connectivity index (χ4n) is 4.29. The van der Waals surface area contributed by atoms with E-state index in [1.807, 2.05) is 16.8 Å². The summed E-state index contributed by atoms with van der Waals surface area (Å²) in [6.45, 7) is 5.88. The number of halogens is 2. The van der Waals surface area contributed by atoms with E-state index < -0.39 is 23.5 Å². The van der Waals surface area contributed by atoms with Crippen molar-refractivity contribution in [1.82, 2.24) is 5.32 Å². The van der Waals surface area contributed by atoms with Crippen LogP contribution in [0, 0.1) is 17.0 Å². The van der Waals surface area contributed by atoms with Gasteiger partial charge in [0.15, 0.2) is 5.78 Å². The Morgan fingerprint density at radius 2 is 2.00 bits per heavy atom. The Morgan fingerprint density at radius 1 is 1.23 bits per heavy atom. The van der Waals surface area contributed by atoms with E-state index in [-0.39, 0.29) is 16.9 Å². The minimum absolute atomic E-state index is 0.00992. The Morgan fingerprint density at radius 3 is 2.67 bits per heavy atom. The Bertz CT molecular complexity index is 1100. The van der Waals surface area contributed by atoms with E-state index >= 15 is 0 Å². The van der Waals surface area contributed by atoms with Crippen LogP contribution in [0.4, 0.5) is 14.5 Å². The molecule has 4 nitrogen and oxygen atoms in total. The molecular weight excluding hydrogens is 406 g/mol. The van der Waals surface area contributed by atoms with Crippen molar-refractivity contribution < 1.29 is 18.4 Å². The summed E-state index contributed by atoms with van der Waals surface area (Å²) in [5.41, 5.74) is 3.00. The van der Waals surface area contributed by atoms with Crippen LogP contribution in [0.2, 0.25) is 0 Å².